The molecular weight excluding hydrogens is 214 g/mol. The molecule has 0 amide bonds. The Labute approximate surface area is 93.7 Å². The Morgan fingerprint density at radius 3 is 2.94 bits per heavy atom. The summed E-state index contributed by atoms with van der Waals surface area (Å²) >= 11 is 0. The summed E-state index contributed by atoms with van der Waals surface area (Å²) < 4.78 is 24.3. The van der Waals surface area contributed by atoms with Crippen molar-refractivity contribution in [1.29, 1.82) is 0 Å². The lowest BCUT2D eigenvalue weighted by Crippen LogP contribution is -2.34. The summed E-state index contributed by atoms with van der Waals surface area (Å²) in [6.07, 6.45) is 0.293. The van der Waals surface area contributed by atoms with Crippen LogP contribution in [0.15, 0.2) is 18.3 Å². The largest absolute Gasteiger partial charge is 0.400 e. The Morgan fingerprint density at radius 2 is 2.25 bits per heavy atom. The zero-order chi connectivity index (χ0) is 12.0. The fraction of sp³-hybridized carbons (Fsp3) is 0.545. The number of hydrogen-bond acceptors (Lipinski definition) is 3. The van der Waals surface area contributed by atoms with Crippen LogP contribution < -0.4 is 0 Å². The van der Waals surface area contributed by atoms with E-state index in [1.807, 2.05) is 12.1 Å². The van der Waals surface area contributed by atoms with Crippen LogP contribution in [0.3, 0.4) is 0 Å². The van der Waals surface area contributed by atoms with Crippen LogP contribution in [-0.2, 0) is 13.0 Å². The van der Waals surface area contributed by atoms with E-state index in [0.29, 0.717) is 13.1 Å². The quantitative estimate of drug-likeness (QED) is 0.832. The lowest BCUT2D eigenvalue weighted by molar-refractivity contribution is 0.0812. The van der Waals surface area contributed by atoms with Crippen molar-refractivity contribution in [2.45, 2.75) is 19.4 Å². The lowest BCUT2D eigenvalue weighted by Gasteiger charge is -2.27. The Balaban J connectivity index is 0.000000606. The zero-order valence-corrected chi connectivity index (χ0v) is 9.24. The molecule has 1 aliphatic heterocycles. The van der Waals surface area contributed by atoms with Gasteiger partial charge in [0.25, 0.3) is 6.43 Å². The molecule has 1 N–H and O–H groups in total. The number of pyridine rings is 1. The average molecular weight is 230 g/mol. The fourth-order valence-corrected chi connectivity index (χ4v) is 1.76. The van der Waals surface area contributed by atoms with E-state index in [1.165, 1.54) is 5.56 Å². The van der Waals surface area contributed by atoms with Gasteiger partial charge in [0, 0.05) is 26.4 Å². The van der Waals surface area contributed by atoms with Crippen molar-refractivity contribution in [3.05, 3.63) is 29.6 Å². The van der Waals surface area contributed by atoms with Crippen LogP contribution in [0.5, 0.6) is 0 Å². The van der Waals surface area contributed by atoms with Crippen molar-refractivity contribution in [2.24, 2.45) is 0 Å². The summed E-state index contributed by atoms with van der Waals surface area (Å²) in [5.41, 5.74) is 2.14. The van der Waals surface area contributed by atoms with Gasteiger partial charge in [-0.05, 0) is 18.1 Å². The zero-order valence-electron chi connectivity index (χ0n) is 9.24. The van der Waals surface area contributed by atoms with Crippen molar-refractivity contribution in [2.75, 3.05) is 20.2 Å². The van der Waals surface area contributed by atoms with E-state index in [9.17, 15) is 8.78 Å². The number of nitrogens with zero attached hydrogens (tertiary/aromatic N) is 2. The molecule has 1 aromatic rings. The van der Waals surface area contributed by atoms with Crippen LogP contribution in [0, 0.1) is 0 Å². The van der Waals surface area contributed by atoms with Gasteiger partial charge in [0.15, 0.2) is 0 Å². The number of rotatable bonds is 2. The summed E-state index contributed by atoms with van der Waals surface area (Å²) in [7, 11) is 1.00. The predicted molar refractivity (Wildman–Crippen MR) is 57.4 cm³/mol. The first-order valence-corrected chi connectivity index (χ1v) is 5.13. The highest BCUT2D eigenvalue weighted by Gasteiger charge is 2.19. The number of aliphatic hydroxyl groups excluding tert-OH is 1. The summed E-state index contributed by atoms with van der Waals surface area (Å²) in [6.45, 7) is 1.12. The minimum Gasteiger partial charge on any atom is -0.400 e. The molecule has 2 rings (SSSR count). The molecule has 0 atom stereocenters. The maximum Gasteiger partial charge on any atom is 0.251 e. The van der Waals surface area contributed by atoms with E-state index in [4.69, 9.17) is 5.11 Å². The van der Waals surface area contributed by atoms with E-state index in [1.54, 1.807) is 11.1 Å². The summed E-state index contributed by atoms with van der Waals surface area (Å²) in [5.74, 6) is 0. The average Bonchev–Trinajstić information content (AvgIpc) is 2.31. The first-order valence-electron chi connectivity index (χ1n) is 5.13. The molecule has 1 aromatic heterocycles. The molecule has 0 radical (unpaired) electrons. The third kappa shape index (κ3) is 3.50. The van der Waals surface area contributed by atoms with E-state index in [-0.39, 0.29) is 6.54 Å². The van der Waals surface area contributed by atoms with Gasteiger partial charge in [-0.15, -0.1) is 0 Å². The van der Waals surface area contributed by atoms with Crippen LogP contribution in [0.2, 0.25) is 0 Å². The Bertz CT molecular complexity index is 321. The van der Waals surface area contributed by atoms with Gasteiger partial charge in [-0.2, -0.15) is 0 Å². The van der Waals surface area contributed by atoms with Gasteiger partial charge >= 0.3 is 0 Å². The molecule has 1 aliphatic rings. The third-order valence-corrected chi connectivity index (χ3v) is 2.45. The van der Waals surface area contributed by atoms with Crippen LogP contribution in [0.1, 0.15) is 11.3 Å². The smallest absolute Gasteiger partial charge is 0.251 e. The van der Waals surface area contributed by atoms with Gasteiger partial charge in [0.1, 0.15) is 0 Å². The van der Waals surface area contributed by atoms with Crippen molar-refractivity contribution in [1.82, 2.24) is 9.88 Å². The number of aliphatic hydroxyl groups is 1. The summed E-state index contributed by atoms with van der Waals surface area (Å²) in [4.78, 5) is 5.94. The monoisotopic (exact) mass is 230 g/mol. The number of fused-ring (bicyclic) bond motifs is 1. The predicted octanol–water partition coefficient (Wildman–Crippen LogP) is 1.31. The van der Waals surface area contributed by atoms with Crippen molar-refractivity contribution >= 4 is 0 Å². The molecule has 0 spiro atoms. The van der Waals surface area contributed by atoms with Gasteiger partial charge in [0.2, 0.25) is 0 Å². The van der Waals surface area contributed by atoms with Crippen molar-refractivity contribution < 1.29 is 13.9 Å². The minimum atomic E-state index is -2.25. The number of aromatic nitrogens is 1. The molecule has 90 valence electrons. The molecule has 0 bridgehead atoms. The Morgan fingerprint density at radius 1 is 1.50 bits per heavy atom. The van der Waals surface area contributed by atoms with E-state index >= 15 is 0 Å². The van der Waals surface area contributed by atoms with Gasteiger partial charge in [-0.25, -0.2) is 8.78 Å². The maximum atomic E-state index is 12.1. The second-order valence-corrected chi connectivity index (χ2v) is 3.49. The highest BCUT2D eigenvalue weighted by atomic mass is 19.3. The molecular formula is C11H16F2N2O. The topological polar surface area (TPSA) is 36.4 Å². The lowest BCUT2D eigenvalue weighted by atomic mass is 10.1. The second-order valence-electron chi connectivity index (χ2n) is 3.49. The number of alkyl halides is 2. The van der Waals surface area contributed by atoms with Crippen LogP contribution in [0.4, 0.5) is 8.78 Å². The fourth-order valence-electron chi connectivity index (χ4n) is 1.76. The maximum absolute atomic E-state index is 12.1. The van der Waals surface area contributed by atoms with Crippen LogP contribution in [-0.4, -0.2) is 41.6 Å². The van der Waals surface area contributed by atoms with Crippen LogP contribution in [0.25, 0.3) is 0 Å². The molecule has 0 saturated heterocycles. The highest BCUT2D eigenvalue weighted by molar-refractivity contribution is 5.22. The van der Waals surface area contributed by atoms with Crippen LogP contribution >= 0.6 is 0 Å². The van der Waals surface area contributed by atoms with E-state index in [0.717, 1.165) is 19.2 Å². The molecule has 0 aliphatic carbocycles. The van der Waals surface area contributed by atoms with Crippen molar-refractivity contribution in [3.8, 4) is 0 Å². The highest BCUT2D eigenvalue weighted by Crippen LogP contribution is 2.16. The molecule has 0 fully saturated rings. The van der Waals surface area contributed by atoms with E-state index in [2.05, 4.69) is 4.98 Å². The molecule has 0 unspecified atom stereocenters. The van der Waals surface area contributed by atoms with Crippen molar-refractivity contribution in [3.63, 3.8) is 0 Å². The number of halogens is 2. The third-order valence-electron chi connectivity index (χ3n) is 2.45. The first kappa shape index (κ1) is 13.0. The Hall–Kier alpha value is -1.07. The molecule has 5 heteroatoms. The van der Waals surface area contributed by atoms with Gasteiger partial charge in [-0.3, -0.25) is 9.88 Å². The minimum absolute atomic E-state index is 0.143. The number of hydrogen-bond donors (Lipinski definition) is 1. The standard InChI is InChI=1S/C10H12F2N2.CH4O/c11-10(12)7-14-5-3-8-2-1-4-13-9(8)6-14;1-2/h1-2,4,10H,3,5-7H2;2H,1H3. The molecule has 16 heavy (non-hydrogen) atoms. The normalized spacial score (nSPS) is 15.3. The molecule has 2 heterocycles. The molecule has 0 aromatic carbocycles. The molecule has 3 nitrogen and oxygen atoms in total. The summed E-state index contributed by atoms with van der Waals surface area (Å²) in [5, 5.41) is 7.00. The molecule has 0 saturated carbocycles. The Kier molecular flexibility index (Phi) is 5.28. The van der Waals surface area contributed by atoms with Gasteiger partial charge < -0.3 is 5.11 Å². The first-order chi connectivity index (χ1) is 7.75. The summed E-state index contributed by atoms with van der Waals surface area (Å²) in [6, 6.07) is 3.91. The van der Waals surface area contributed by atoms with Gasteiger partial charge in [-0.1, -0.05) is 6.07 Å². The van der Waals surface area contributed by atoms with E-state index < -0.39 is 6.43 Å². The SMILES string of the molecule is CO.FC(F)CN1CCc2cccnc2C1. The second kappa shape index (κ2) is 6.50. The van der Waals surface area contributed by atoms with Gasteiger partial charge in [0.05, 0.1) is 12.2 Å².